The zero-order valence-corrected chi connectivity index (χ0v) is 21.9. The van der Waals surface area contributed by atoms with E-state index >= 15 is 0 Å². The minimum absolute atomic E-state index is 0.00196. The Morgan fingerprint density at radius 3 is 2.22 bits per heavy atom. The summed E-state index contributed by atoms with van der Waals surface area (Å²) in [7, 11) is 1.39. The number of ketones is 1. The fourth-order valence-corrected chi connectivity index (χ4v) is 3.47. The Balaban J connectivity index is 2.06. The van der Waals surface area contributed by atoms with Crippen LogP contribution in [0.2, 0.25) is 0 Å². The number of methoxy groups -OCH3 is 1. The highest BCUT2D eigenvalue weighted by Gasteiger charge is 2.31. The first-order valence-electron chi connectivity index (χ1n) is 11.8. The summed E-state index contributed by atoms with van der Waals surface area (Å²) in [5, 5.41) is 0. The van der Waals surface area contributed by atoms with Crippen molar-refractivity contribution in [3.05, 3.63) is 53.9 Å². The van der Waals surface area contributed by atoms with Crippen molar-refractivity contribution < 1.29 is 42.9 Å². The van der Waals surface area contributed by atoms with Gasteiger partial charge >= 0.3 is 17.9 Å². The molecule has 1 aromatic carbocycles. The molecule has 0 aliphatic heterocycles. The normalized spacial score (nSPS) is 13.2. The van der Waals surface area contributed by atoms with Crippen molar-refractivity contribution in [2.24, 2.45) is 11.8 Å². The van der Waals surface area contributed by atoms with Crippen LogP contribution in [0.1, 0.15) is 61.9 Å². The number of pyridine rings is 1. The SMILES string of the molecule is COc1ccnc(C(=O)C[C@@H](C)C(=O)O[C@@H](C)[C@@H](OC(=O)c2ccccc2)C(C)C)c1OCOC(C)=O. The maximum atomic E-state index is 13.0. The van der Waals surface area contributed by atoms with Crippen LogP contribution in [0.25, 0.3) is 0 Å². The number of Topliss-reactive ketones (excluding diaryl/α,β-unsaturated/α-hetero) is 1. The van der Waals surface area contributed by atoms with Crippen LogP contribution < -0.4 is 9.47 Å². The van der Waals surface area contributed by atoms with E-state index in [1.807, 2.05) is 13.8 Å². The summed E-state index contributed by atoms with van der Waals surface area (Å²) in [6.07, 6.45) is -0.313. The van der Waals surface area contributed by atoms with Crippen LogP contribution in [0.4, 0.5) is 0 Å². The summed E-state index contributed by atoms with van der Waals surface area (Å²) >= 11 is 0. The topological polar surface area (TPSA) is 127 Å². The number of aromatic nitrogens is 1. The predicted octanol–water partition coefficient (Wildman–Crippen LogP) is 4.01. The first kappa shape index (κ1) is 29.3. The van der Waals surface area contributed by atoms with Crippen molar-refractivity contribution in [2.75, 3.05) is 13.9 Å². The van der Waals surface area contributed by atoms with Gasteiger partial charge in [-0.2, -0.15) is 0 Å². The van der Waals surface area contributed by atoms with E-state index in [1.54, 1.807) is 44.2 Å². The van der Waals surface area contributed by atoms with Crippen molar-refractivity contribution in [2.45, 2.75) is 53.2 Å². The summed E-state index contributed by atoms with van der Waals surface area (Å²) in [6.45, 7) is 7.67. The number of benzene rings is 1. The fraction of sp³-hybridized carbons (Fsp3) is 0.444. The molecule has 0 spiro atoms. The molecule has 0 radical (unpaired) electrons. The van der Waals surface area contributed by atoms with Crippen molar-refractivity contribution in [3.63, 3.8) is 0 Å². The lowest BCUT2D eigenvalue weighted by Crippen LogP contribution is -2.38. The van der Waals surface area contributed by atoms with Gasteiger partial charge in [0, 0.05) is 25.6 Å². The van der Waals surface area contributed by atoms with Gasteiger partial charge in [-0.05, 0) is 25.0 Å². The van der Waals surface area contributed by atoms with Crippen molar-refractivity contribution in [3.8, 4) is 11.5 Å². The minimum Gasteiger partial charge on any atom is -0.493 e. The molecule has 1 aromatic heterocycles. The molecule has 3 atom stereocenters. The number of rotatable bonds is 13. The summed E-state index contributed by atoms with van der Waals surface area (Å²) in [6, 6.07) is 10.0. The van der Waals surface area contributed by atoms with Gasteiger partial charge in [-0.3, -0.25) is 14.4 Å². The van der Waals surface area contributed by atoms with E-state index < -0.39 is 48.6 Å². The average Bonchev–Trinajstić information content (AvgIpc) is 2.86. The third-order valence-corrected chi connectivity index (χ3v) is 5.39. The molecule has 1 heterocycles. The molecule has 2 rings (SSSR count). The van der Waals surface area contributed by atoms with Crippen LogP contribution in [-0.2, 0) is 23.8 Å². The molecule has 0 aliphatic rings. The van der Waals surface area contributed by atoms with E-state index in [-0.39, 0.29) is 29.5 Å². The van der Waals surface area contributed by atoms with Gasteiger partial charge in [-0.1, -0.05) is 39.0 Å². The molecule has 2 aromatic rings. The molecule has 37 heavy (non-hydrogen) atoms. The van der Waals surface area contributed by atoms with Gasteiger partial charge in [0.15, 0.2) is 23.0 Å². The summed E-state index contributed by atoms with van der Waals surface area (Å²) in [5.41, 5.74) is 0.319. The number of esters is 3. The van der Waals surface area contributed by atoms with Gasteiger partial charge in [-0.25, -0.2) is 9.78 Å². The van der Waals surface area contributed by atoms with Crippen molar-refractivity contribution in [1.29, 1.82) is 0 Å². The van der Waals surface area contributed by atoms with Gasteiger partial charge in [0.05, 0.1) is 18.6 Å². The maximum Gasteiger partial charge on any atom is 0.338 e. The standard InChI is InChI=1S/C27H33NO9/c1-16(2)24(37-27(32)20-10-8-7-9-11-20)18(4)36-26(31)17(3)14-21(30)23-25(35-15-34-19(5)29)22(33-6)12-13-28-23/h7-13,16-18,24H,14-15H2,1-6H3/t17-,18+,24+/m1/s1. The molecule has 10 nitrogen and oxygen atoms in total. The zero-order chi connectivity index (χ0) is 27.5. The van der Waals surface area contributed by atoms with Crippen LogP contribution >= 0.6 is 0 Å². The molecule has 0 unspecified atom stereocenters. The Labute approximate surface area is 216 Å². The first-order valence-corrected chi connectivity index (χ1v) is 11.8. The lowest BCUT2D eigenvalue weighted by Gasteiger charge is -2.28. The van der Waals surface area contributed by atoms with E-state index in [2.05, 4.69) is 4.98 Å². The van der Waals surface area contributed by atoms with Gasteiger partial charge in [0.25, 0.3) is 0 Å². The van der Waals surface area contributed by atoms with Gasteiger partial charge in [0.2, 0.25) is 6.79 Å². The van der Waals surface area contributed by atoms with Crippen LogP contribution in [0.5, 0.6) is 11.5 Å². The lowest BCUT2D eigenvalue weighted by molar-refractivity contribution is -0.160. The lowest BCUT2D eigenvalue weighted by atomic mass is 10.0. The van der Waals surface area contributed by atoms with Gasteiger partial charge in [-0.15, -0.1) is 0 Å². The van der Waals surface area contributed by atoms with Crippen molar-refractivity contribution in [1.82, 2.24) is 4.98 Å². The van der Waals surface area contributed by atoms with E-state index in [0.717, 1.165) is 0 Å². The Bertz CT molecular complexity index is 1080. The highest BCUT2D eigenvalue weighted by Crippen LogP contribution is 2.31. The molecule has 0 amide bonds. The molecular formula is C27H33NO9. The van der Waals surface area contributed by atoms with Gasteiger partial charge < -0.3 is 23.7 Å². The third kappa shape index (κ3) is 8.59. The molecule has 200 valence electrons. The number of nitrogens with zero attached hydrogens (tertiary/aromatic N) is 1. The molecule has 0 fully saturated rings. The number of carbonyl (C=O) groups excluding carboxylic acids is 4. The molecular weight excluding hydrogens is 482 g/mol. The smallest absolute Gasteiger partial charge is 0.338 e. The zero-order valence-electron chi connectivity index (χ0n) is 21.9. The highest BCUT2D eigenvalue weighted by molar-refractivity contribution is 5.99. The molecule has 10 heteroatoms. The summed E-state index contributed by atoms with van der Waals surface area (Å²) in [4.78, 5) is 53.4. The monoisotopic (exact) mass is 515 g/mol. The Kier molecular flexibility index (Phi) is 11.0. The van der Waals surface area contributed by atoms with Crippen LogP contribution in [0, 0.1) is 11.8 Å². The van der Waals surface area contributed by atoms with Crippen LogP contribution in [0.15, 0.2) is 42.6 Å². The number of carbonyl (C=O) groups is 4. The second kappa shape index (κ2) is 14.0. The molecule has 0 saturated carbocycles. The second-order valence-corrected chi connectivity index (χ2v) is 8.74. The Morgan fingerprint density at radius 2 is 1.62 bits per heavy atom. The van der Waals surface area contributed by atoms with Crippen LogP contribution in [0.3, 0.4) is 0 Å². The summed E-state index contributed by atoms with van der Waals surface area (Å²) < 4.78 is 26.6. The Hall–Kier alpha value is -3.95. The van der Waals surface area contributed by atoms with E-state index in [4.69, 9.17) is 23.7 Å². The molecule has 0 bridgehead atoms. The number of hydrogen-bond acceptors (Lipinski definition) is 10. The minimum atomic E-state index is -0.832. The molecule has 0 N–H and O–H groups in total. The number of ether oxygens (including phenoxy) is 5. The second-order valence-electron chi connectivity index (χ2n) is 8.74. The quantitative estimate of drug-likeness (QED) is 0.167. The average molecular weight is 516 g/mol. The predicted molar refractivity (Wildman–Crippen MR) is 132 cm³/mol. The van der Waals surface area contributed by atoms with E-state index in [9.17, 15) is 19.2 Å². The highest BCUT2D eigenvalue weighted by atomic mass is 16.7. The largest absolute Gasteiger partial charge is 0.493 e. The molecule has 0 saturated heterocycles. The first-order chi connectivity index (χ1) is 17.5. The maximum absolute atomic E-state index is 13.0. The number of hydrogen-bond donors (Lipinski definition) is 0. The fourth-order valence-electron chi connectivity index (χ4n) is 3.47. The van der Waals surface area contributed by atoms with E-state index in [1.165, 1.54) is 26.3 Å². The summed E-state index contributed by atoms with van der Waals surface area (Å²) in [5.74, 6) is -2.96. The molecule has 0 aliphatic carbocycles. The van der Waals surface area contributed by atoms with Crippen molar-refractivity contribution >= 4 is 23.7 Å². The third-order valence-electron chi connectivity index (χ3n) is 5.39. The van der Waals surface area contributed by atoms with E-state index in [0.29, 0.717) is 5.56 Å². The van der Waals surface area contributed by atoms with Gasteiger partial charge in [0.1, 0.15) is 12.2 Å². The Morgan fingerprint density at radius 1 is 0.946 bits per heavy atom. The van der Waals surface area contributed by atoms with Crippen LogP contribution in [-0.4, -0.2) is 54.8 Å².